The summed E-state index contributed by atoms with van der Waals surface area (Å²) in [4.78, 5) is 10.5. The number of sulfonamides is 1. The predicted molar refractivity (Wildman–Crippen MR) is 105 cm³/mol. The molecule has 0 saturated carbocycles. The number of rotatable bonds is 7. The fourth-order valence-corrected chi connectivity index (χ4v) is 3.41. The summed E-state index contributed by atoms with van der Waals surface area (Å²) in [6.07, 6.45) is 1.48. The number of furan rings is 1. The zero-order chi connectivity index (χ0) is 20.1. The van der Waals surface area contributed by atoms with E-state index in [1.165, 1.54) is 18.4 Å². The molecule has 2 N–H and O–H groups in total. The molecule has 0 unspecified atom stereocenters. The van der Waals surface area contributed by atoms with Crippen LogP contribution in [0.2, 0.25) is 0 Å². The first-order chi connectivity index (χ1) is 13.4. The van der Waals surface area contributed by atoms with Crippen LogP contribution in [0.15, 0.2) is 81.3 Å². The summed E-state index contributed by atoms with van der Waals surface area (Å²) in [5, 5.41) is 15.5. The maximum atomic E-state index is 12.5. The molecule has 0 bridgehead atoms. The molecule has 9 nitrogen and oxygen atoms in total. The van der Waals surface area contributed by atoms with Crippen LogP contribution in [-0.4, -0.2) is 19.1 Å². The number of para-hydroxylation sites is 1. The maximum Gasteiger partial charge on any atom is 0.295 e. The molecule has 0 saturated heterocycles. The summed E-state index contributed by atoms with van der Waals surface area (Å²) in [5.74, 6) is 0.501. The average Bonchev–Trinajstić information content (AvgIpc) is 3.21. The van der Waals surface area contributed by atoms with E-state index in [0.29, 0.717) is 17.2 Å². The molecular formula is C18H16N4O5S. The van der Waals surface area contributed by atoms with Gasteiger partial charge >= 0.3 is 0 Å². The third kappa shape index (κ3) is 4.35. The van der Waals surface area contributed by atoms with E-state index in [2.05, 4.69) is 15.2 Å². The first kappa shape index (κ1) is 19.1. The molecule has 3 aromatic rings. The van der Waals surface area contributed by atoms with Gasteiger partial charge in [-0.3, -0.25) is 20.3 Å². The summed E-state index contributed by atoms with van der Waals surface area (Å²) >= 11 is 0. The first-order valence-electron chi connectivity index (χ1n) is 8.07. The van der Waals surface area contributed by atoms with Gasteiger partial charge in [-0.1, -0.05) is 18.2 Å². The van der Waals surface area contributed by atoms with Crippen LogP contribution < -0.4 is 10.1 Å². The summed E-state index contributed by atoms with van der Waals surface area (Å²) in [5.41, 5.74) is 3.04. The van der Waals surface area contributed by atoms with Crippen LogP contribution in [0.3, 0.4) is 0 Å². The molecular weight excluding hydrogens is 384 g/mol. The number of hydrogen-bond acceptors (Lipinski definition) is 7. The molecule has 1 heterocycles. The molecule has 0 amide bonds. The second-order valence-corrected chi connectivity index (χ2v) is 7.38. The first-order valence-corrected chi connectivity index (χ1v) is 9.55. The maximum absolute atomic E-state index is 12.5. The number of nitro groups is 1. The number of hydrazone groups is 1. The van der Waals surface area contributed by atoms with E-state index in [4.69, 9.17) is 4.42 Å². The Hall–Kier alpha value is -3.66. The monoisotopic (exact) mass is 400 g/mol. The average molecular weight is 400 g/mol. The van der Waals surface area contributed by atoms with Gasteiger partial charge in [0.15, 0.2) is 0 Å². The van der Waals surface area contributed by atoms with Gasteiger partial charge in [0.1, 0.15) is 17.2 Å². The highest BCUT2D eigenvalue weighted by atomic mass is 32.2. The van der Waals surface area contributed by atoms with E-state index in [1.54, 1.807) is 49.4 Å². The number of hydrogen-bond donors (Lipinski definition) is 2. The largest absolute Gasteiger partial charge is 0.463 e. The molecule has 3 rings (SSSR count). The van der Waals surface area contributed by atoms with Gasteiger partial charge in [-0.15, -0.1) is 0 Å². The van der Waals surface area contributed by atoms with Crippen LogP contribution in [0.1, 0.15) is 12.7 Å². The Labute approximate surface area is 160 Å². The van der Waals surface area contributed by atoms with E-state index in [9.17, 15) is 18.5 Å². The molecule has 0 spiro atoms. The highest BCUT2D eigenvalue weighted by molar-refractivity contribution is 7.92. The lowest BCUT2D eigenvalue weighted by molar-refractivity contribution is -0.384. The van der Waals surface area contributed by atoms with Gasteiger partial charge in [-0.05, 0) is 43.3 Å². The SMILES string of the molecule is C/C(=N/Nc1ccc(S(=O)(=O)Nc2ccccc2)cc1[N+](=O)[O-])c1ccco1. The van der Waals surface area contributed by atoms with Crippen molar-refractivity contribution >= 4 is 32.8 Å². The lowest BCUT2D eigenvalue weighted by Gasteiger charge is -2.09. The zero-order valence-electron chi connectivity index (χ0n) is 14.7. The van der Waals surface area contributed by atoms with Crippen molar-refractivity contribution in [1.29, 1.82) is 0 Å². The second-order valence-electron chi connectivity index (χ2n) is 5.69. The molecule has 0 aliphatic heterocycles. The Morgan fingerprint density at radius 1 is 1.11 bits per heavy atom. The predicted octanol–water partition coefficient (Wildman–Crippen LogP) is 3.82. The fourth-order valence-electron chi connectivity index (χ4n) is 2.33. The standard InChI is InChI=1S/C18H16N4O5S/c1-13(18-8-5-11-27-18)19-20-16-10-9-15(12-17(16)22(23)24)28(25,26)21-14-6-3-2-4-7-14/h2-12,20-21H,1H3/b19-13-. The van der Waals surface area contributed by atoms with Gasteiger partial charge in [-0.2, -0.15) is 5.10 Å². The minimum atomic E-state index is -3.99. The van der Waals surface area contributed by atoms with Gasteiger partial charge in [-0.25, -0.2) is 8.42 Å². The second kappa shape index (κ2) is 7.92. The van der Waals surface area contributed by atoms with Crippen molar-refractivity contribution in [3.8, 4) is 0 Å². The van der Waals surface area contributed by atoms with Gasteiger partial charge < -0.3 is 4.42 Å². The Morgan fingerprint density at radius 2 is 1.86 bits per heavy atom. The number of nitro benzene ring substituents is 1. The van der Waals surface area contributed by atoms with E-state index in [-0.39, 0.29) is 10.6 Å². The number of nitrogens with zero attached hydrogens (tertiary/aromatic N) is 2. The van der Waals surface area contributed by atoms with Crippen molar-refractivity contribution in [1.82, 2.24) is 0 Å². The highest BCUT2D eigenvalue weighted by Gasteiger charge is 2.21. The molecule has 2 aromatic carbocycles. The molecule has 0 radical (unpaired) electrons. The van der Waals surface area contributed by atoms with Gasteiger partial charge in [0, 0.05) is 11.8 Å². The summed E-state index contributed by atoms with van der Waals surface area (Å²) in [7, 11) is -3.99. The third-order valence-corrected chi connectivity index (χ3v) is 5.10. The van der Waals surface area contributed by atoms with Crippen molar-refractivity contribution in [3.05, 3.63) is 82.8 Å². The number of benzene rings is 2. The molecule has 1 aromatic heterocycles. The topological polar surface area (TPSA) is 127 Å². The van der Waals surface area contributed by atoms with Crippen molar-refractivity contribution in [2.45, 2.75) is 11.8 Å². The molecule has 0 aliphatic rings. The van der Waals surface area contributed by atoms with Crippen LogP contribution in [-0.2, 0) is 10.0 Å². The Bertz CT molecular complexity index is 1110. The molecule has 0 aliphatic carbocycles. The summed E-state index contributed by atoms with van der Waals surface area (Å²) in [6, 6.07) is 15.2. The fraction of sp³-hybridized carbons (Fsp3) is 0.0556. The zero-order valence-corrected chi connectivity index (χ0v) is 15.5. The lowest BCUT2D eigenvalue weighted by Crippen LogP contribution is -2.13. The lowest BCUT2D eigenvalue weighted by atomic mass is 10.3. The Morgan fingerprint density at radius 3 is 2.50 bits per heavy atom. The minimum absolute atomic E-state index is 0.0505. The summed E-state index contributed by atoms with van der Waals surface area (Å²) < 4.78 is 32.6. The van der Waals surface area contributed by atoms with Gasteiger partial charge in [0.25, 0.3) is 15.7 Å². The van der Waals surface area contributed by atoms with Crippen LogP contribution in [0.25, 0.3) is 0 Å². The molecule has 0 fully saturated rings. The summed E-state index contributed by atoms with van der Waals surface area (Å²) in [6.45, 7) is 1.67. The molecule has 10 heteroatoms. The van der Waals surface area contributed by atoms with E-state index in [0.717, 1.165) is 6.07 Å². The van der Waals surface area contributed by atoms with Crippen LogP contribution in [0.5, 0.6) is 0 Å². The number of nitrogens with one attached hydrogen (secondary N) is 2. The highest BCUT2D eigenvalue weighted by Crippen LogP contribution is 2.28. The van der Waals surface area contributed by atoms with E-state index in [1.807, 2.05) is 0 Å². The van der Waals surface area contributed by atoms with Crippen molar-refractivity contribution in [3.63, 3.8) is 0 Å². The normalized spacial score (nSPS) is 11.8. The van der Waals surface area contributed by atoms with Crippen molar-refractivity contribution in [2.75, 3.05) is 10.1 Å². The minimum Gasteiger partial charge on any atom is -0.463 e. The molecule has 144 valence electrons. The van der Waals surface area contributed by atoms with E-state index >= 15 is 0 Å². The Balaban J connectivity index is 1.89. The van der Waals surface area contributed by atoms with Gasteiger partial charge in [0.2, 0.25) is 0 Å². The van der Waals surface area contributed by atoms with E-state index < -0.39 is 20.6 Å². The van der Waals surface area contributed by atoms with Crippen molar-refractivity contribution < 1.29 is 17.8 Å². The number of anilines is 2. The Kier molecular flexibility index (Phi) is 5.41. The van der Waals surface area contributed by atoms with Crippen LogP contribution >= 0.6 is 0 Å². The van der Waals surface area contributed by atoms with Crippen LogP contribution in [0.4, 0.5) is 17.1 Å². The quantitative estimate of drug-likeness (QED) is 0.353. The third-order valence-electron chi connectivity index (χ3n) is 3.72. The smallest absolute Gasteiger partial charge is 0.295 e. The van der Waals surface area contributed by atoms with Gasteiger partial charge in [0.05, 0.1) is 16.1 Å². The molecule has 28 heavy (non-hydrogen) atoms. The van der Waals surface area contributed by atoms with Crippen molar-refractivity contribution in [2.24, 2.45) is 5.10 Å². The molecule has 0 atom stereocenters. The van der Waals surface area contributed by atoms with Crippen LogP contribution in [0, 0.1) is 10.1 Å².